The van der Waals surface area contributed by atoms with E-state index in [2.05, 4.69) is 26.6 Å². The van der Waals surface area contributed by atoms with Gasteiger partial charge in [0.1, 0.15) is 41.7 Å². The van der Waals surface area contributed by atoms with Gasteiger partial charge in [-0.1, -0.05) is 52.0 Å². The fourth-order valence-corrected chi connectivity index (χ4v) is 5.08. The number of amides is 5. The van der Waals surface area contributed by atoms with Gasteiger partial charge in [-0.2, -0.15) is 0 Å². The molecule has 0 aliphatic rings. The van der Waals surface area contributed by atoms with Crippen molar-refractivity contribution in [2.24, 2.45) is 17.6 Å². The predicted octanol–water partition coefficient (Wildman–Crippen LogP) is -0.0844. The van der Waals surface area contributed by atoms with E-state index < -0.39 is 102 Å². The first-order valence-electron chi connectivity index (χ1n) is 17.1. The molecule has 0 saturated carbocycles. The first-order valence-corrected chi connectivity index (χ1v) is 17.1. The van der Waals surface area contributed by atoms with Crippen LogP contribution in [0, 0.1) is 11.8 Å². The van der Waals surface area contributed by atoms with E-state index in [4.69, 9.17) is 5.73 Å². The average Bonchev–Trinajstić information content (AvgIpc) is 3.08. The third-order valence-corrected chi connectivity index (χ3v) is 8.24. The largest absolute Gasteiger partial charge is 0.508 e. The van der Waals surface area contributed by atoms with Crippen molar-refractivity contribution in [3.8, 4) is 11.5 Å². The molecule has 2 aromatic rings. The number of nitrogens with two attached hydrogens (primary N) is 1. The number of aliphatic carboxylic acids is 2. The number of hydrogen-bond donors (Lipinski definition) is 10. The number of aromatic hydroxyl groups is 2. The van der Waals surface area contributed by atoms with Crippen LogP contribution in [0.4, 0.5) is 0 Å². The number of phenols is 2. The Morgan fingerprint density at radius 1 is 0.566 bits per heavy atom. The maximum Gasteiger partial charge on any atom is 0.325 e. The second-order valence-corrected chi connectivity index (χ2v) is 13.4. The number of carboxylic acids is 2. The maximum atomic E-state index is 13.8. The van der Waals surface area contributed by atoms with Crippen molar-refractivity contribution in [2.75, 3.05) is 0 Å². The number of hydrogen-bond acceptors (Lipinski definition) is 10. The van der Waals surface area contributed by atoms with Crippen LogP contribution in [0.3, 0.4) is 0 Å². The van der Waals surface area contributed by atoms with Crippen LogP contribution in [0.15, 0.2) is 48.5 Å². The van der Waals surface area contributed by atoms with E-state index in [0.29, 0.717) is 11.1 Å². The molecule has 2 rings (SSSR count). The molecule has 5 amide bonds. The van der Waals surface area contributed by atoms with Crippen LogP contribution < -0.4 is 32.3 Å². The fraction of sp³-hybridized carbons (Fsp3) is 0.472. The predicted molar refractivity (Wildman–Crippen MR) is 191 cm³/mol. The Balaban J connectivity index is 2.33. The minimum atomic E-state index is -1.50. The number of carbonyl (C=O) groups is 7. The summed E-state index contributed by atoms with van der Waals surface area (Å²) in [5.41, 5.74) is 7.22. The van der Waals surface area contributed by atoms with E-state index in [-0.39, 0.29) is 24.3 Å². The lowest BCUT2D eigenvalue weighted by atomic mass is 9.99. The highest BCUT2D eigenvalue weighted by Gasteiger charge is 2.34. The van der Waals surface area contributed by atoms with Crippen LogP contribution >= 0.6 is 0 Å². The highest BCUT2D eigenvalue weighted by Crippen LogP contribution is 2.14. The SMILES string of the molecule is CC(C)[C@H](NC(=O)[C@H](Cc1ccc(O)cc1)NC(=O)[C@H](CCC(=O)O)NC(=O)[C@@H](NC(=O)[C@@H](N)Cc1ccc(O)cc1)C(C)C)C(=O)N[C@H](C)C(=O)O. The van der Waals surface area contributed by atoms with Crippen molar-refractivity contribution in [2.45, 2.75) is 96.6 Å². The van der Waals surface area contributed by atoms with Gasteiger partial charge in [0.25, 0.3) is 0 Å². The van der Waals surface area contributed by atoms with Gasteiger partial charge in [-0.3, -0.25) is 33.6 Å². The Labute approximate surface area is 307 Å². The third kappa shape index (κ3) is 14.4. The first-order chi connectivity index (χ1) is 24.8. The summed E-state index contributed by atoms with van der Waals surface area (Å²) in [6.07, 6.45) is -1.03. The van der Waals surface area contributed by atoms with E-state index >= 15 is 0 Å². The van der Waals surface area contributed by atoms with Gasteiger partial charge in [0.05, 0.1) is 6.04 Å². The van der Waals surface area contributed by atoms with Gasteiger partial charge in [-0.15, -0.1) is 0 Å². The molecule has 0 saturated heterocycles. The molecule has 290 valence electrons. The summed E-state index contributed by atoms with van der Waals surface area (Å²) in [4.78, 5) is 89.8. The molecule has 0 unspecified atom stereocenters. The number of rotatable bonds is 20. The van der Waals surface area contributed by atoms with Crippen LogP contribution in [-0.4, -0.2) is 98.2 Å². The zero-order valence-corrected chi connectivity index (χ0v) is 30.3. The number of carbonyl (C=O) groups excluding carboxylic acids is 5. The molecule has 0 spiro atoms. The molecular weight excluding hydrogens is 692 g/mol. The topological polar surface area (TPSA) is 287 Å². The molecule has 0 aliphatic carbocycles. The molecular formula is C36H50N6O11. The average molecular weight is 743 g/mol. The zero-order chi connectivity index (χ0) is 40.0. The summed E-state index contributed by atoms with van der Waals surface area (Å²) >= 11 is 0. The van der Waals surface area contributed by atoms with Crippen molar-refractivity contribution in [3.63, 3.8) is 0 Å². The summed E-state index contributed by atoms with van der Waals surface area (Å²) in [6.45, 7) is 7.76. The molecule has 0 bridgehead atoms. The molecule has 2 aromatic carbocycles. The van der Waals surface area contributed by atoms with Crippen LogP contribution in [0.1, 0.15) is 58.6 Å². The highest BCUT2D eigenvalue weighted by molar-refractivity contribution is 5.96. The molecule has 17 nitrogen and oxygen atoms in total. The monoisotopic (exact) mass is 742 g/mol. The molecule has 53 heavy (non-hydrogen) atoms. The van der Waals surface area contributed by atoms with Crippen LogP contribution in [0.2, 0.25) is 0 Å². The Morgan fingerprint density at radius 2 is 0.981 bits per heavy atom. The minimum absolute atomic E-state index is 0.0342. The molecule has 6 atom stereocenters. The second kappa shape index (κ2) is 20.4. The van der Waals surface area contributed by atoms with Crippen LogP contribution in [-0.2, 0) is 46.4 Å². The number of benzene rings is 2. The molecule has 17 heteroatoms. The first kappa shape index (κ1) is 43.5. The summed E-state index contributed by atoms with van der Waals surface area (Å²) in [5, 5.41) is 50.3. The Kier molecular flexibility index (Phi) is 16.7. The van der Waals surface area contributed by atoms with E-state index in [1.807, 2.05) is 0 Å². The molecule has 0 heterocycles. The normalized spacial score (nSPS) is 14.5. The quantitative estimate of drug-likeness (QED) is 0.0853. The summed E-state index contributed by atoms with van der Waals surface area (Å²) in [7, 11) is 0. The summed E-state index contributed by atoms with van der Waals surface area (Å²) in [5.74, 6) is -7.70. The van der Waals surface area contributed by atoms with Gasteiger partial charge in [0.15, 0.2) is 0 Å². The Morgan fingerprint density at radius 3 is 1.43 bits per heavy atom. The standard InChI is InChI=1S/C36H50N6O11/c1-18(2)29(34(50)38-20(5)36(52)53)42-33(49)27(17-22-8-12-24(44)13-9-22)40-32(48)26(14-15-28(45)46)39-35(51)30(19(3)4)41-31(47)25(37)16-21-6-10-23(43)11-7-21/h6-13,18-20,25-27,29-30,43-44H,14-17,37H2,1-5H3,(H,38,50)(H,39,51)(H,40,48)(H,41,47)(H,42,49)(H,45,46)(H,52,53)/t20-,25+,26+,27+,29+,30+/m1/s1. The molecule has 0 aliphatic heterocycles. The van der Waals surface area contributed by atoms with Crippen molar-refractivity contribution >= 4 is 41.5 Å². The van der Waals surface area contributed by atoms with Gasteiger partial charge in [0, 0.05) is 12.8 Å². The summed E-state index contributed by atoms with van der Waals surface area (Å²) in [6, 6.07) is 4.09. The minimum Gasteiger partial charge on any atom is -0.508 e. The van der Waals surface area contributed by atoms with Crippen molar-refractivity contribution in [1.29, 1.82) is 0 Å². The smallest absolute Gasteiger partial charge is 0.325 e. The van der Waals surface area contributed by atoms with E-state index in [1.165, 1.54) is 43.3 Å². The fourth-order valence-electron chi connectivity index (χ4n) is 5.08. The van der Waals surface area contributed by atoms with Gasteiger partial charge in [-0.25, -0.2) is 0 Å². The van der Waals surface area contributed by atoms with Crippen LogP contribution in [0.25, 0.3) is 0 Å². The number of phenolic OH excluding ortho intramolecular Hbond substituents is 2. The van der Waals surface area contributed by atoms with Crippen molar-refractivity contribution < 1.29 is 54.0 Å². The molecule has 0 radical (unpaired) electrons. The van der Waals surface area contributed by atoms with Gasteiger partial charge in [-0.05, 0) is 67.0 Å². The van der Waals surface area contributed by atoms with E-state index in [0.717, 1.165) is 0 Å². The number of carboxylic acid groups (broad SMARTS) is 2. The summed E-state index contributed by atoms with van der Waals surface area (Å²) < 4.78 is 0. The van der Waals surface area contributed by atoms with Crippen molar-refractivity contribution in [3.05, 3.63) is 59.7 Å². The van der Waals surface area contributed by atoms with E-state index in [9.17, 15) is 54.0 Å². The molecule has 11 N–H and O–H groups in total. The van der Waals surface area contributed by atoms with Crippen molar-refractivity contribution in [1.82, 2.24) is 26.6 Å². The lowest BCUT2D eigenvalue weighted by Crippen LogP contribution is -2.60. The highest BCUT2D eigenvalue weighted by atomic mass is 16.4. The van der Waals surface area contributed by atoms with Gasteiger partial charge < -0.3 is 52.7 Å². The van der Waals surface area contributed by atoms with E-state index in [1.54, 1.807) is 39.8 Å². The molecule has 0 aromatic heterocycles. The third-order valence-electron chi connectivity index (χ3n) is 8.24. The second-order valence-electron chi connectivity index (χ2n) is 13.4. The lowest BCUT2D eigenvalue weighted by Gasteiger charge is -2.28. The van der Waals surface area contributed by atoms with Gasteiger partial charge >= 0.3 is 11.9 Å². The maximum absolute atomic E-state index is 13.8. The van der Waals surface area contributed by atoms with Crippen LogP contribution in [0.5, 0.6) is 11.5 Å². The molecule has 0 fully saturated rings. The van der Waals surface area contributed by atoms with Gasteiger partial charge in [0.2, 0.25) is 29.5 Å². The zero-order valence-electron chi connectivity index (χ0n) is 30.3. The number of nitrogens with one attached hydrogen (secondary N) is 5. The Bertz CT molecular complexity index is 1600. The lowest BCUT2D eigenvalue weighted by molar-refractivity contribution is -0.142. The Hall–Kier alpha value is -5.71.